The van der Waals surface area contributed by atoms with Crippen molar-refractivity contribution in [3.63, 3.8) is 0 Å². The predicted octanol–water partition coefficient (Wildman–Crippen LogP) is 4.38. The SMILES string of the molecule is CC(c1cc(F)c(Cl)cc1Cl)N1CCC(CCC(=O)O)C1. The average Bonchev–Trinajstić information content (AvgIpc) is 2.88. The van der Waals surface area contributed by atoms with Crippen molar-refractivity contribution in [3.8, 4) is 0 Å². The summed E-state index contributed by atoms with van der Waals surface area (Å²) in [4.78, 5) is 12.8. The fourth-order valence-corrected chi connectivity index (χ4v) is 3.37. The number of benzene rings is 1. The predicted molar refractivity (Wildman–Crippen MR) is 81.4 cm³/mol. The molecule has 1 N–H and O–H groups in total. The summed E-state index contributed by atoms with van der Waals surface area (Å²) in [5.41, 5.74) is 0.720. The van der Waals surface area contributed by atoms with Crippen LogP contribution in [0.2, 0.25) is 10.0 Å². The van der Waals surface area contributed by atoms with Crippen LogP contribution >= 0.6 is 23.2 Å². The molecule has 1 heterocycles. The smallest absolute Gasteiger partial charge is 0.303 e. The second-order valence-electron chi connectivity index (χ2n) is 5.55. The Balaban J connectivity index is 2.03. The highest BCUT2D eigenvalue weighted by atomic mass is 35.5. The number of carboxylic acids is 1. The summed E-state index contributed by atoms with van der Waals surface area (Å²) in [6.45, 7) is 3.66. The van der Waals surface area contributed by atoms with Crippen molar-refractivity contribution in [3.05, 3.63) is 33.6 Å². The molecule has 1 aliphatic heterocycles. The molecule has 116 valence electrons. The molecule has 0 aliphatic carbocycles. The molecule has 1 aliphatic rings. The third-order valence-corrected chi connectivity index (χ3v) is 4.74. The van der Waals surface area contributed by atoms with E-state index in [1.165, 1.54) is 12.1 Å². The van der Waals surface area contributed by atoms with Crippen molar-refractivity contribution in [1.82, 2.24) is 4.90 Å². The lowest BCUT2D eigenvalue weighted by molar-refractivity contribution is -0.137. The van der Waals surface area contributed by atoms with Crippen LogP contribution in [-0.4, -0.2) is 29.1 Å². The van der Waals surface area contributed by atoms with Gasteiger partial charge in [0, 0.05) is 24.0 Å². The van der Waals surface area contributed by atoms with Gasteiger partial charge in [-0.25, -0.2) is 4.39 Å². The van der Waals surface area contributed by atoms with E-state index in [2.05, 4.69) is 4.90 Å². The van der Waals surface area contributed by atoms with Crippen LogP contribution in [-0.2, 0) is 4.79 Å². The molecular weight excluding hydrogens is 316 g/mol. The highest BCUT2D eigenvalue weighted by Crippen LogP contribution is 2.34. The number of carbonyl (C=O) groups is 1. The topological polar surface area (TPSA) is 40.5 Å². The molecular formula is C15H18Cl2FNO2. The molecule has 1 aromatic carbocycles. The minimum atomic E-state index is -0.760. The standard InChI is InChI=1S/C15H18Cl2FNO2/c1-9(11-6-14(18)13(17)7-12(11)16)19-5-4-10(8-19)2-3-15(20)21/h6-7,9-10H,2-5,8H2,1H3,(H,20,21). The van der Waals surface area contributed by atoms with E-state index in [-0.39, 0.29) is 17.5 Å². The van der Waals surface area contributed by atoms with Gasteiger partial charge in [-0.2, -0.15) is 0 Å². The van der Waals surface area contributed by atoms with Crippen LogP contribution < -0.4 is 0 Å². The van der Waals surface area contributed by atoms with Crippen LogP contribution in [0.25, 0.3) is 0 Å². The van der Waals surface area contributed by atoms with Crippen molar-refractivity contribution >= 4 is 29.2 Å². The fraction of sp³-hybridized carbons (Fsp3) is 0.533. The van der Waals surface area contributed by atoms with Crippen LogP contribution in [0.3, 0.4) is 0 Å². The summed E-state index contributed by atoms with van der Waals surface area (Å²) in [5.74, 6) is -0.853. The Morgan fingerprint density at radius 3 is 2.86 bits per heavy atom. The van der Waals surface area contributed by atoms with Gasteiger partial charge in [0.05, 0.1) is 5.02 Å². The number of rotatable bonds is 5. The van der Waals surface area contributed by atoms with Gasteiger partial charge in [-0.15, -0.1) is 0 Å². The Morgan fingerprint density at radius 1 is 1.48 bits per heavy atom. The van der Waals surface area contributed by atoms with Gasteiger partial charge in [-0.1, -0.05) is 23.2 Å². The van der Waals surface area contributed by atoms with Crippen LogP contribution in [0, 0.1) is 11.7 Å². The Bertz CT molecular complexity index is 539. The van der Waals surface area contributed by atoms with Crippen LogP contribution in [0.1, 0.15) is 37.8 Å². The summed E-state index contributed by atoms with van der Waals surface area (Å²) < 4.78 is 13.6. The summed E-state index contributed by atoms with van der Waals surface area (Å²) in [5, 5.41) is 9.22. The molecule has 6 heteroatoms. The molecule has 1 aromatic rings. The monoisotopic (exact) mass is 333 g/mol. The first-order valence-corrected chi connectivity index (χ1v) is 7.74. The Labute approximate surface area is 133 Å². The van der Waals surface area contributed by atoms with E-state index in [9.17, 15) is 9.18 Å². The van der Waals surface area contributed by atoms with Crippen LogP contribution in [0.5, 0.6) is 0 Å². The summed E-state index contributed by atoms with van der Waals surface area (Å²) in [6.07, 6.45) is 1.84. The van der Waals surface area contributed by atoms with E-state index in [0.29, 0.717) is 17.4 Å². The maximum atomic E-state index is 13.6. The van der Waals surface area contributed by atoms with Crippen molar-refractivity contribution in [1.29, 1.82) is 0 Å². The van der Waals surface area contributed by atoms with Crippen LogP contribution in [0.15, 0.2) is 12.1 Å². The number of carboxylic acid groups (broad SMARTS) is 1. The number of likely N-dealkylation sites (tertiary alicyclic amines) is 1. The molecule has 0 amide bonds. The lowest BCUT2D eigenvalue weighted by atomic mass is 10.0. The Kier molecular flexibility index (Phi) is 5.47. The van der Waals surface area contributed by atoms with Gasteiger partial charge in [-0.3, -0.25) is 9.69 Å². The second kappa shape index (κ2) is 6.95. The Morgan fingerprint density at radius 2 is 2.19 bits per heavy atom. The van der Waals surface area contributed by atoms with Crippen molar-refractivity contribution in [2.45, 2.75) is 32.2 Å². The van der Waals surface area contributed by atoms with Gasteiger partial charge >= 0.3 is 5.97 Å². The number of aliphatic carboxylic acids is 1. The molecule has 0 saturated carbocycles. The van der Waals surface area contributed by atoms with Gasteiger partial charge < -0.3 is 5.11 Å². The zero-order valence-electron chi connectivity index (χ0n) is 11.8. The number of hydrogen-bond acceptors (Lipinski definition) is 2. The quantitative estimate of drug-likeness (QED) is 0.813. The highest BCUT2D eigenvalue weighted by Gasteiger charge is 2.28. The van der Waals surface area contributed by atoms with Gasteiger partial charge in [0.1, 0.15) is 5.82 Å². The van der Waals surface area contributed by atoms with E-state index >= 15 is 0 Å². The molecule has 0 aromatic heterocycles. The van der Waals surface area contributed by atoms with Crippen LogP contribution in [0.4, 0.5) is 4.39 Å². The number of hydrogen-bond donors (Lipinski definition) is 1. The van der Waals surface area contributed by atoms with E-state index in [1.807, 2.05) is 6.92 Å². The minimum absolute atomic E-state index is 0.0147. The third-order valence-electron chi connectivity index (χ3n) is 4.12. The van der Waals surface area contributed by atoms with Gasteiger partial charge in [-0.05, 0) is 49.9 Å². The molecule has 0 radical (unpaired) electrons. The van der Waals surface area contributed by atoms with Crippen molar-refractivity contribution in [2.75, 3.05) is 13.1 Å². The molecule has 2 unspecified atom stereocenters. The second-order valence-corrected chi connectivity index (χ2v) is 6.36. The molecule has 0 bridgehead atoms. The largest absolute Gasteiger partial charge is 0.481 e. The third kappa shape index (κ3) is 4.09. The average molecular weight is 334 g/mol. The first kappa shape index (κ1) is 16.5. The summed E-state index contributed by atoms with van der Waals surface area (Å²) in [6, 6.07) is 2.81. The van der Waals surface area contributed by atoms with E-state index in [0.717, 1.165) is 25.1 Å². The van der Waals surface area contributed by atoms with Crippen molar-refractivity contribution in [2.24, 2.45) is 5.92 Å². The number of halogens is 3. The first-order chi connectivity index (χ1) is 9.88. The van der Waals surface area contributed by atoms with E-state index in [1.54, 1.807) is 0 Å². The van der Waals surface area contributed by atoms with Gasteiger partial charge in [0.25, 0.3) is 0 Å². The fourth-order valence-electron chi connectivity index (χ4n) is 2.83. The minimum Gasteiger partial charge on any atom is -0.481 e. The molecule has 1 saturated heterocycles. The molecule has 2 atom stereocenters. The first-order valence-electron chi connectivity index (χ1n) is 6.98. The van der Waals surface area contributed by atoms with Gasteiger partial charge in [0.15, 0.2) is 0 Å². The normalized spacial score (nSPS) is 20.7. The summed E-state index contributed by atoms with van der Waals surface area (Å²) >= 11 is 11.9. The number of nitrogens with zero attached hydrogens (tertiary/aromatic N) is 1. The zero-order valence-corrected chi connectivity index (χ0v) is 13.3. The molecule has 3 nitrogen and oxygen atoms in total. The van der Waals surface area contributed by atoms with E-state index < -0.39 is 11.8 Å². The molecule has 1 fully saturated rings. The molecule has 21 heavy (non-hydrogen) atoms. The van der Waals surface area contributed by atoms with E-state index in [4.69, 9.17) is 28.3 Å². The summed E-state index contributed by atoms with van der Waals surface area (Å²) in [7, 11) is 0. The lowest BCUT2D eigenvalue weighted by Crippen LogP contribution is -2.25. The van der Waals surface area contributed by atoms with Gasteiger partial charge in [0.2, 0.25) is 0 Å². The van der Waals surface area contributed by atoms with Crippen molar-refractivity contribution < 1.29 is 14.3 Å². The molecule has 0 spiro atoms. The Hall–Kier alpha value is -0.840. The maximum absolute atomic E-state index is 13.6. The molecule has 2 rings (SSSR count). The lowest BCUT2D eigenvalue weighted by Gasteiger charge is -2.25. The maximum Gasteiger partial charge on any atom is 0.303 e. The highest BCUT2D eigenvalue weighted by molar-refractivity contribution is 6.35. The zero-order chi connectivity index (χ0) is 15.6.